The van der Waals surface area contributed by atoms with E-state index in [2.05, 4.69) is 25.2 Å². The average molecular weight is 304 g/mol. The van der Waals surface area contributed by atoms with Crippen LogP contribution in [0.4, 0.5) is 23.5 Å². The van der Waals surface area contributed by atoms with Gasteiger partial charge in [0.2, 0.25) is 5.95 Å². The quantitative estimate of drug-likeness (QED) is 0.852. The number of nitrogens with one attached hydrogen (secondary N) is 2. The fourth-order valence-corrected chi connectivity index (χ4v) is 1.52. The second kappa shape index (κ2) is 5.38. The molecular weight excluding hydrogens is 296 g/mol. The average Bonchev–Trinajstić information content (AvgIpc) is 2.85. The SMILES string of the molecule is COc1n[nH]c(NC(=O)c2ccc(F)cc2C(F)(F)F)n1. The van der Waals surface area contributed by atoms with Crippen molar-refractivity contribution in [2.45, 2.75) is 6.18 Å². The Hall–Kier alpha value is -2.65. The molecule has 0 radical (unpaired) electrons. The van der Waals surface area contributed by atoms with E-state index in [1.54, 1.807) is 0 Å². The van der Waals surface area contributed by atoms with E-state index in [9.17, 15) is 22.4 Å². The van der Waals surface area contributed by atoms with E-state index in [0.717, 1.165) is 12.1 Å². The molecule has 1 heterocycles. The van der Waals surface area contributed by atoms with Crippen LogP contribution in [-0.4, -0.2) is 28.2 Å². The van der Waals surface area contributed by atoms with Crippen molar-refractivity contribution in [3.63, 3.8) is 0 Å². The number of carbonyl (C=O) groups excluding carboxylic acids is 1. The lowest BCUT2D eigenvalue weighted by atomic mass is 10.1. The second-order valence-electron chi connectivity index (χ2n) is 3.81. The van der Waals surface area contributed by atoms with E-state index < -0.39 is 29.0 Å². The molecule has 0 saturated heterocycles. The van der Waals surface area contributed by atoms with Gasteiger partial charge in [0.05, 0.1) is 18.2 Å². The zero-order valence-corrected chi connectivity index (χ0v) is 10.5. The predicted molar refractivity (Wildman–Crippen MR) is 62.3 cm³/mol. The number of ether oxygens (including phenoxy) is 1. The first-order chi connectivity index (χ1) is 9.81. The molecule has 2 aromatic rings. The Kier molecular flexibility index (Phi) is 3.78. The number of aromatic amines is 1. The van der Waals surface area contributed by atoms with E-state index in [1.165, 1.54) is 7.11 Å². The van der Waals surface area contributed by atoms with Crippen LogP contribution in [-0.2, 0) is 6.18 Å². The molecule has 2 rings (SSSR count). The first kappa shape index (κ1) is 14.8. The summed E-state index contributed by atoms with van der Waals surface area (Å²) in [4.78, 5) is 15.5. The van der Waals surface area contributed by atoms with Crippen LogP contribution in [0.1, 0.15) is 15.9 Å². The van der Waals surface area contributed by atoms with Gasteiger partial charge in [0.25, 0.3) is 5.91 Å². The molecule has 2 N–H and O–H groups in total. The molecule has 10 heteroatoms. The van der Waals surface area contributed by atoms with E-state index in [4.69, 9.17) is 0 Å². The van der Waals surface area contributed by atoms with Crippen LogP contribution in [0.2, 0.25) is 0 Å². The first-order valence-electron chi connectivity index (χ1n) is 5.45. The number of H-pyrrole nitrogens is 1. The van der Waals surface area contributed by atoms with Crippen molar-refractivity contribution in [2.75, 3.05) is 12.4 Å². The third-order valence-electron chi connectivity index (χ3n) is 2.41. The molecule has 0 bridgehead atoms. The van der Waals surface area contributed by atoms with Crippen LogP contribution in [0.15, 0.2) is 18.2 Å². The molecule has 21 heavy (non-hydrogen) atoms. The largest absolute Gasteiger partial charge is 0.466 e. The number of rotatable bonds is 3. The predicted octanol–water partition coefficient (Wildman–Crippen LogP) is 2.22. The maximum atomic E-state index is 12.9. The van der Waals surface area contributed by atoms with Crippen molar-refractivity contribution >= 4 is 11.9 Å². The third kappa shape index (κ3) is 3.27. The Labute approximate surface area is 115 Å². The van der Waals surface area contributed by atoms with Crippen molar-refractivity contribution in [1.29, 1.82) is 0 Å². The number of amides is 1. The summed E-state index contributed by atoms with van der Waals surface area (Å²) in [5.41, 5.74) is -2.12. The molecule has 0 atom stereocenters. The molecule has 0 spiro atoms. The molecule has 0 aliphatic rings. The second-order valence-corrected chi connectivity index (χ2v) is 3.81. The molecule has 0 aliphatic heterocycles. The van der Waals surface area contributed by atoms with Crippen molar-refractivity contribution in [2.24, 2.45) is 0 Å². The lowest BCUT2D eigenvalue weighted by molar-refractivity contribution is -0.138. The zero-order chi connectivity index (χ0) is 15.6. The Morgan fingerprint density at radius 3 is 2.67 bits per heavy atom. The molecule has 0 unspecified atom stereocenters. The van der Waals surface area contributed by atoms with Gasteiger partial charge in [0.15, 0.2) is 0 Å². The fraction of sp³-hybridized carbons (Fsp3) is 0.182. The monoisotopic (exact) mass is 304 g/mol. The normalized spacial score (nSPS) is 11.3. The van der Waals surface area contributed by atoms with Gasteiger partial charge >= 0.3 is 12.2 Å². The number of carbonyl (C=O) groups is 1. The topological polar surface area (TPSA) is 79.9 Å². The summed E-state index contributed by atoms with van der Waals surface area (Å²) in [6, 6.07) is 1.64. The van der Waals surface area contributed by atoms with Gasteiger partial charge in [-0.15, -0.1) is 5.10 Å². The minimum absolute atomic E-state index is 0.0968. The molecule has 1 aromatic heterocycles. The number of halogens is 4. The maximum absolute atomic E-state index is 12.9. The van der Waals surface area contributed by atoms with Gasteiger partial charge in [-0.1, -0.05) is 0 Å². The van der Waals surface area contributed by atoms with Crippen LogP contribution >= 0.6 is 0 Å². The molecule has 0 saturated carbocycles. The van der Waals surface area contributed by atoms with E-state index in [1.807, 2.05) is 0 Å². The third-order valence-corrected chi connectivity index (χ3v) is 2.41. The van der Waals surface area contributed by atoms with Crippen LogP contribution in [0.3, 0.4) is 0 Å². The Morgan fingerprint density at radius 1 is 1.38 bits per heavy atom. The number of hydrogen-bond acceptors (Lipinski definition) is 4. The van der Waals surface area contributed by atoms with Gasteiger partial charge in [0, 0.05) is 0 Å². The number of aromatic nitrogens is 3. The van der Waals surface area contributed by atoms with Gasteiger partial charge in [-0.3, -0.25) is 10.1 Å². The summed E-state index contributed by atoms with van der Waals surface area (Å²) in [5.74, 6) is -2.41. The summed E-state index contributed by atoms with van der Waals surface area (Å²) in [6.45, 7) is 0. The number of hydrogen-bond donors (Lipinski definition) is 2. The van der Waals surface area contributed by atoms with E-state index in [-0.39, 0.29) is 18.0 Å². The summed E-state index contributed by atoms with van der Waals surface area (Å²) < 4.78 is 55.9. The maximum Gasteiger partial charge on any atom is 0.417 e. The number of methoxy groups -OCH3 is 1. The van der Waals surface area contributed by atoms with Crippen LogP contribution in [0.25, 0.3) is 0 Å². The highest BCUT2D eigenvalue weighted by Gasteiger charge is 2.35. The van der Waals surface area contributed by atoms with E-state index >= 15 is 0 Å². The Morgan fingerprint density at radius 2 is 2.10 bits per heavy atom. The van der Waals surface area contributed by atoms with Crippen LogP contribution in [0, 0.1) is 5.82 Å². The number of anilines is 1. The summed E-state index contributed by atoms with van der Waals surface area (Å²) in [5, 5.41) is 7.84. The Balaban J connectivity index is 2.30. The van der Waals surface area contributed by atoms with Gasteiger partial charge in [-0.05, 0) is 18.2 Å². The molecule has 1 amide bonds. The lowest BCUT2D eigenvalue weighted by Gasteiger charge is -2.12. The summed E-state index contributed by atoms with van der Waals surface area (Å²) in [6.07, 6.45) is -4.87. The minimum atomic E-state index is -4.87. The highest BCUT2D eigenvalue weighted by molar-refractivity contribution is 6.04. The number of benzene rings is 1. The standard InChI is InChI=1S/C11H8F4N4O2/c1-21-10-17-9(18-19-10)16-8(20)6-3-2-5(12)4-7(6)11(13,14)15/h2-4H,1H3,(H2,16,17,18,19,20). The van der Waals surface area contributed by atoms with Crippen LogP contribution < -0.4 is 10.1 Å². The smallest absolute Gasteiger partial charge is 0.417 e. The van der Waals surface area contributed by atoms with Crippen molar-refractivity contribution in [1.82, 2.24) is 15.2 Å². The van der Waals surface area contributed by atoms with Gasteiger partial charge in [-0.25, -0.2) is 9.49 Å². The zero-order valence-electron chi connectivity index (χ0n) is 10.5. The summed E-state index contributed by atoms with van der Waals surface area (Å²) >= 11 is 0. The van der Waals surface area contributed by atoms with Gasteiger partial charge in [-0.2, -0.15) is 18.2 Å². The molecule has 112 valence electrons. The fourth-order valence-electron chi connectivity index (χ4n) is 1.52. The molecule has 6 nitrogen and oxygen atoms in total. The highest BCUT2D eigenvalue weighted by atomic mass is 19.4. The van der Waals surface area contributed by atoms with Crippen molar-refractivity contribution in [3.8, 4) is 6.01 Å². The molecule has 0 aliphatic carbocycles. The van der Waals surface area contributed by atoms with Crippen molar-refractivity contribution < 1.29 is 27.1 Å². The minimum Gasteiger partial charge on any atom is -0.466 e. The van der Waals surface area contributed by atoms with Gasteiger partial charge < -0.3 is 4.74 Å². The molecular formula is C11H8F4N4O2. The number of alkyl halides is 3. The van der Waals surface area contributed by atoms with Gasteiger partial charge in [0.1, 0.15) is 5.82 Å². The summed E-state index contributed by atoms with van der Waals surface area (Å²) in [7, 11) is 1.27. The molecule has 0 fully saturated rings. The Bertz CT molecular complexity index is 668. The number of nitrogens with zero attached hydrogens (tertiary/aromatic N) is 2. The highest BCUT2D eigenvalue weighted by Crippen LogP contribution is 2.32. The van der Waals surface area contributed by atoms with E-state index in [0.29, 0.717) is 0 Å². The van der Waals surface area contributed by atoms with Crippen molar-refractivity contribution in [3.05, 3.63) is 35.1 Å². The molecule has 1 aromatic carbocycles. The lowest BCUT2D eigenvalue weighted by Crippen LogP contribution is -2.19. The van der Waals surface area contributed by atoms with Crippen LogP contribution in [0.5, 0.6) is 6.01 Å². The first-order valence-corrected chi connectivity index (χ1v) is 5.45.